The molecule has 2 rings (SSSR count). The number of fused-ring (bicyclic) bond motifs is 1. The fourth-order valence-electron chi connectivity index (χ4n) is 2.00. The second-order valence-corrected chi connectivity index (χ2v) is 5.44. The van der Waals surface area contributed by atoms with E-state index < -0.39 is 0 Å². The number of carbonyl (C=O) groups is 1. The van der Waals surface area contributed by atoms with Gasteiger partial charge in [-0.15, -0.1) is 0 Å². The molecule has 1 heterocycles. The van der Waals surface area contributed by atoms with E-state index >= 15 is 0 Å². The molecule has 1 aromatic carbocycles. The number of rotatable bonds is 6. The maximum atomic E-state index is 11.6. The van der Waals surface area contributed by atoms with Crippen LogP contribution in [-0.2, 0) is 4.79 Å². The molecule has 0 spiro atoms. The number of hydrogen-bond acceptors (Lipinski definition) is 4. The van der Waals surface area contributed by atoms with Crippen LogP contribution in [0.4, 0.5) is 5.82 Å². The Hall–Kier alpha value is -2.30. The largest absolute Gasteiger partial charge is 0.508 e. The molecule has 0 bridgehead atoms. The minimum atomic E-state index is 0.0271. The van der Waals surface area contributed by atoms with Crippen LogP contribution < -0.4 is 10.6 Å². The van der Waals surface area contributed by atoms with Gasteiger partial charge >= 0.3 is 0 Å². The first kappa shape index (κ1) is 15.1. The monoisotopic (exact) mass is 287 g/mol. The van der Waals surface area contributed by atoms with Crippen molar-refractivity contribution in [1.82, 2.24) is 10.3 Å². The fourth-order valence-corrected chi connectivity index (χ4v) is 2.00. The molecule has 0 fully saturated rings. The Kier molecular flexibility index (Phi) is 4.98. The Morgan fingerprint density at radius 1 is 1.33 bits per heavy atom. The molecule has 0 saturated heterocycles. The van der Waals surface area contributed by atoms with Crippen molar-refractivity contribution in [3.05, 3.63) is 30.5 Å². The van der Waals surface area contributed by atoms with Crippen molar-refractivity contribution in [3.63, 3.8) is 0 Å². The summed E-state index contributed by atoms with van der Waals surface area (Å²) in [5.74, 6) is 1.36. The zero-order valence-electron chi connectivity index (χ0n) is 12.4. The molecule has 5 nitrogen and oxygen atoms in total. The zero-order chi connectivity index (χ0) is 15.2. The standard InChI is InChI=1S/C16H21N3O2/c1-11(2)10-19-15(21)6-8-18-16-14-9-13(20)4-3-12(14)5-7-17-16/h3-5,7,9,11,20H,6,8,10H2,1-2H3,(H,17,18)(H,19,21). The third-order valence-electron chi connectivity index (χ3n) is 3.10. The fraction of sp³-hybridized carbons (Fsp3) is 0.375. The number of pyridine rings is 1. The molecule has 0 aliphatic carbocycles. The number of nitrogens with zero attached hydrogens (tertiary/aromatic N) is 1. The number of nitrogens with one attached hydrogen (secondary N) is 2. The highest BCUT2D eigenvalue weighted by molar-refractivity contribution is 5.92. The van der Waals surface area contributed by atoms with Crippen molar-refractivity contribution in [2.24, 2.45) is 5.92 Å². The summed E-state index contributed by atoms with van der Waals surface area (Å²) in [5.41, 5.74) is 0. The Morgan fingerprint density at radius 3 is 2.90 bits per heavy atom. The highest BCUT2D eigenvalue weighted by atomic mass is 16.3. The SMILES string of the molecule is CC(C)CNC(=O)CCNc1nccc2ccc(O)cc12. The lowest BCUT2D eigenvalue weighted by Crippen LogP contribution is -2.28. The molecule has 21 heavy (non-hydrogen) atoms. The predicted octanol–water partition coefficient (Wildman–Crippen LogP) is 2.51. The van der Waals surface area contributed by atoms with Crippen LogP contribution in [0.25, 0.3) is 10.8 Å². The maximum absolute atomic E-state index is 11.6. The van der Waals surface area contributed by atoms with Gasteiger partial charge < -0.3 is 15.7 Å². The van der Waals surface area contributed by atoms with Gasteiger partial charge in [-0.1, -0.05) is 19.9 Å². The van der Waals surface area contributed by atoms with E-state index in [0.29, 0.717) is 31.2 Å². The Morgan fingerprint density at radius 2 is 2.14 bits per heavy atom. The summed E-state index contributed by atoms with van der Waals surface area (Å²) in [5, 5.41) is 17.4. The summed E-state index contributed by atoms with van der Waals surface area (Å²) < 4.78 is 0. The number of benzene rings is 1. The number of carbonyl (C=O) groups excluding carboxylic acids is 1. The van der Waals surface area contributed by atoms with E-state index in [9.17, 15) is 9.90 Å². The Balaban J connectivity index is 1.94. The first-order chi connectivity index (χ1) is 10.1. The molecule has 3 N–H and O–H groups in total. The van der Waals surface area contributed by atoms with Gasteiger partial charge in [0.25, 0.3) is 0 Å². The second-order valence-electron chi connectivity index (χ2n) is 5.44. The van der Waals surface area contributed by atoms with Crippen LogP contribution in [0.1, 0.15) is 20.3 Å². The van der Waals surface area contributed by atoms with Gasteiger partial charge in [-0.25, -0.2) is 4.98 Å². The van der Waals surface area contributed by atoms with E-state index in [4.69, 9.17) is 0 Å². The lowest BCUT2D eigenvalue weighted by Gasteiger charge is -2.10. The minimum Gasteiger partial charge on any atom is -0.508 e. The van der Waals surface area contributed by atoms with Crippen LogP contribution in [-0.4, -0.2) is 29.1 Å². The van der Waals surface area contributed by atoms with E-state index in [1.165, 1.54) is 0 Å². The molecule has 0 saturated carbocycles. The molecule has 5 heteroatoms. The van der Waals surface area contributed by atoms with Gasteiger partial charge in [-0.2, -0.15) is 0 Å². The van der Waals surface area contributed by atoms with Crippen molar-refractivity contribution in [2.45, 2.75) is 20.3 Å². The molecule has 1 amide bonds. The van der Waals surface area contributed by atoms with Gasteiger partial charge in [0.1, 0.15) is 11.6 Å². The number of hydrogen-bond donors (Lipinski definition) is 3. The number of phenolic OH excluding ortho intramolecular Hbond substituents is 1. The third-order valence-corrected chi connectivity index (χ3v) is 3.10. The molecular weight excluding hydrogens is 266 g/mol. The average Bonchev–Trinajstić information content (AvgIpc) is 2.45. The van der Waals surface area contributed by atoms with Crippen LogP contribution in [0.5, 0.6) is 5.75 Å². The van der Waals surface area contributed by atoms with E-state index in [1.807, 2.05) is 12.1 Å². The van der Waals surface area contributed by atoms with Crippen LogP contribution in [0.2, 0.25) is 0 Å². The molecule has 0 unspecified atom stereocenters. The topological polar surface area (TPSA) is 74.2 Å². The van der Waals surface area contributed by atoms with E-state index in [0.717, 1.165) is 10.8 Å². The zero-order valence-corrected chi connectivity index (χ0v) is 12.4. The minimum absolute atomic E-state index is 0.0271. The van der Waals surface area contributed by atoms with Crippen LogP contribution in [0.3, 0.4) is 0 Å². The number of phenols is 1. The molecule has 1 aromatic heterocycles. The van der Waals surface area contributed by atoms with Crippen molar-refractivity contribution in [1.29, 1.82) is 0 Å². The van der Waals surface area contributed by atoms with E-state index in [-0.39, 0.29) is 11.7 Å². The quantitative estimate of drug-likeness (QED) is 0.763. The summed E-state index contributed by atoms with van der Waals surface area (Å²) in [6.07, 6.45) is 2.10. The highest BCUT2D eigenvalue weighted by Crippen LogP contribution is 2.24. The van der Waals surface area contributed by atoms with E-state index in [2.05, 4.69) is 29.5 Å². The lowest BCUT2D eigenvalue weighted by molar-refractivity contribution is -0.120. The first-order valence-electron chi connectivity index (χ1n) is 7.14. The number of amides is 1. The third kappa shape index (κ3) is 4.34. The molecule has 0 aliphatic rings. The van der Waals surface area contributed by atoms with Gasteiger partial charge in [-0.3, -0.25) is 4.79 Å². The van der Waals surface area contributed by atoms with Crippen molar-refractivity contribution >= 4 is 22.5 Å². The van der Waals surface area contributed by atoms with Gasteiger partial charge in [0, 0.05) is 31.1 Å². The normalized spacial score (nSPS) is 10.8. The summed E-state index contributed by atoms with van der Waals surface area (Å²) in [6.45, 7) is 5.32. The number of aromatic hydroxyl groups is 1. The van der Waals surface area contributed by atoms with Gasteiger partial charge in [0.15, 0.2) is 0 Å². The van der Waals surface area contributed by atoms with Gasteiger partial charge in [0.05, 0.1) is 0 Å². The van der Waals surface area contributed by atoms with Crippen molar-refractivity contribution in [3.8, 4) is 5.75 Å². The molecular formula is C16H21N3O2. The number of aromatic nitrogens is 1. The molecule has 2 aromatic rings. The summed E-state index contributed by atoms with van der Waals surface area (Å²) in [6, 6.07) is 7.04. The molecule has 0 atom stereocenters. The lowest BCUT2D eigenvalue weighted by atomic mass is 10.1. The van der Waals surface area contributed by atoms with Crippen LogP contribution >= 0.6 is 0 Å². The molecule has 0 aliphatic heterocycles. The van der Waals surface area contributed by atoms with Crippen LogP contribution in [0, 0.1) is 5.92 Å². The molecule has 0 radical (unpaired) electrons. The Labute approximate surface area is 124 Å². The average molecular weight is 287 g/mol. The maximum Gasteiger partial charge on any atom is 0.221 e. The van der Waals surface area contributed by atoms with Gasteiger partial charge in [-0.05, 0) is 29.5 Å². The van der Waals surface area contributed by atoms with Crippen LogP contribution in [0.15, 0.2) is 30.5 Å². The smallest absolute Gasteiger partial charge is 0.221 e. The van der Waals surface area contributed by atoms with E-state index in [1.54, 1.807) is 18.3 Å². The Bertz CT molecular complexity index is 626. The second kappa shape index (κ2) is 6.92. The van der Waals surface area contributed by atoms with Crippen molar-refractivity contribution in [2.75, 3.05) is 18.4 Å². The summed E-state index contributed by atoms with van der Waals surface area (Å²) in [4.78, 5) is 15.9. The summed E-state index contributed by atoms with van der Waals surface area (Å²) in [7, 11) is 0. The molecule has 112 valence electrons. The highest BCUT2D eigenvalue weighted by Gasteiger charge is 2.05. The number of anilines is 1. The van der Waals surface area contributed by atoms with Gasteiger partial charge in [0.2, 0.25) is 5.91 Å². The predicted molar refractivity (Wildman–Crippen MR) is 84.4 cm³/mol. The summed E-state index contributed by atoms with van der Waals surface area (Å²) >= 11 is 0. The first-order valence-corrected chi connectivity index (χ1v) is 7.14. The van der Waals surface area contributed by atoms with Crippen molar-refractivity contribution < 1.29 is 9.90 Å².